The Morgan fingerprint density at radius 2 is 1.82 bits per heavy atom. The van der Waals surface area contributed by atoms with Gasteiger partial charge < -0.3 is 9.73 Å². The first kappa shape index (κ1) is 23.4. The van der Waals surface area contributed by atoms with E-state index in [0.29, 0.717) is 6.54 Å². The molecule has 0 aliphatic carbocycles. The molecule has 1 saturated heterocycles. The third kappa shape index (κ3) is 5.76. The SMILES string of the molecule is O=C(NC[C@@H](c1ccco1)N1CCCCC1)c1cccc(S(=O)(=O)Nc2ccccc2Cl)c1. The van der Waals surface area contributed by atoms with Gasteiger partial charge in [-0.05, 0) is 68.4 Å². The van der Waals surface area contributed by atoms with Crippen LogP contribution in [0.15, 0.2) is 76.2 Å². The zero-order valence-electron chi connectivity index (χ0n) is 18.0. The summed E-state index contributed by atoms with van der Waals surface area (Å²) in [6.45, 7) is 2.26. The number of hydrogen-bond acceptors (Lipinski definition) is 5. The molecule has 2 heterocycles. The fourth-order valence-electron chi connectivity index (χ4n) is 3.96. The molecule has 1 aliphatic heterocycles. The zero-order valence-corrected chi connectivity index (χ0v) is 19.6. The normalized spacial score (nSPS) is 15.7. The van der Waals surface area contributed by atoms with Crippen molar-refractivity contribution >= 4 is 33.2 Å². The third-order valence-electron chi connectivity index (χ3n) is 5.68. The minimum Gasteiger partial charge on any atom is -0.468 e. The molecule has 33 heavy (non-hydrogen) atoms. The Kier molecular flexibility index (Phi) is 7.37. The lowest BCUT2D eigenvalue weighted by atomic mass is 10.1. The van der Waals surface area contributed by atoms with Gasteiger partial charge in [0.2, 0.25) is 0 Å². The molecule has 1 atom stereocenters. The van der Waals surface area contributed by atoms with Gasteiger partial charge in [0.05, 0.1) is 27.9 Å². The summed E-state index contributed by atoms with van der Waals surface area (Å²) in [6.07, 6.45) is 5.07. The van der Waals surface area contributed by atoms with Gasteiger partial charge in [0.15, 0.2) is 0 Å². The van der Waals surface area contributed by atoms with E-state index in [1.807, 2.05) is 12.1 Å². The molecule has 2 N–H and O–H groups in total. The molecule has 0 radical (unpaired) electrons. The minimum atomic E-state index is -3.91. The number of furan rings is 1. The van der Waals surface area contributed by atoms with Crippen LogP contribution in [0, 0.1) is 0 Å². The lowest BCUT2D eigenvalue weighted by Crippen LogP contribution is -2.40. The van der Waals surface area contributed by atoms with Gasteiger partial charge in [-0.2, -0.15) is 0 Å². The highest BCUT2D eigenvalue weighted by Gasteiger charge is 2.25. The number of para-hydroxylation sites is 1. The van der Waals surface area contributed by atoms with Crippen molar-refractivity contribution in [3.63, 3.8) is 0 Å². The summed E-state index contributed by atoms with van der Waals surface area (Å²) in [5.41, 5.74) is 0.533. The number of hydrogen-bond donors (Lipinski definition) is 2. The second kappa shape index (κ2) is 10.4. The highest BCUT2D eigenvalue weighted by molar-refractivity contribution is 7.92. The molecule has 0 spiro atoms. The molecule has 1 aromatic heterocycles. The van der Waals surface area contributed by atoms with Gasteiger partial charge in [-0.1, -0.05) is 36.2 Å². The Hall–Kier alpha value is -2.81. The van der Waals surface area contributed by atoms with Crippen LogP contribution in [0.25, 0.3) is 0 Å². The van der Waals surface area contributed by atoms with Crippen molar-refractivity contribution in [2.24, 2.45) is 0 Å². The monoisotopic (exact) mass is 487 g/mol. The summed E-state index contributed by atoms with van der Waals surface area (Å²) in [4.78, 5) is 15.2. The number of amides is 1. The van der Waals surface area contributed by atoms with Crippen molar-refractivity contribution < 1.29 is 17.6 Å². The van der Waals surface area contributed by atoms with Gasteiger partial charge in [0, 0.05) is 12.1 Å². The molecule has 1 fully saturated rings. The molecule has 9 heteroatoms. The summed E-state index contributed by atoms with van der Waals surface area (Å²) in [5.74, 6) is 0.454. The zero-order chi connectivity index (χ0) is 23.3. The van der Waals surface area contributed by atoms with Gasteiger partial charge >= 0.3 is 0 Å². The van der Waals surface area contributed by atoms with Crippen molar-refractivity contribution in [3.8, 4) is 0 Å². The lowest BCUT2D eigenvalue weighted by molar-refractivity contribution is 0.0914. The van der Waals surface area contributed by atoms with Crippen LogP contribution in [-0.2, 0) is 10.0 Å². The number of nitrogens with one attached hydrogen (secondary N) is 2. The van der Waals surface area contributed by atoms with Gasteiger partial charge in [0.1, 0.15) is 5.76 Å². The Morgan fingerprint density at radius 1 is 1.03 bits per heavy atom. The second-order valence-corrected chi connectivity index (χ2v) is 10.0. The smallest absolute Gasteiger partial charge is 0.261 e. The van der Waals surface area contributed by atoms with Gasteiger partial charge in [-0.25, -0.2) is 8.42 Å². The molecule has 174 valence electrons. The molecule has 1 aliphatic rings. The lowest BCUT2D eigenvalue weighted by Gasteiger charge is -2.33. The number of sulfonamides is 1. The minimum absolute atomic E-state index is 0.0197. The third-order valence-corrected chi connectivity index (χ3v) is 7.38. The number of carbonyl (C=O) groups is 1. The molecule has 4 rings (SSSR count). The molecule has 3 aromatic rings. The number of rotatable bonds is 8. The topological polar surface area (TPSA) is 91.7 Å². The fourth-order valence-corrected chi connectivity index (χ4v) is 5.33. The standard InChI is InChI=1S/C24H26ClN3O4S/c25-20-10-2-3-11-21(20)27-33(30,31)19-9-6-8-18(16-19)24(29)26-17-22(23-12-7-15-32-23)28-13-4-1-5-14-28/h2-3,6-12,15-16,22,27H,1,4-5,13-14,17H2,(H,26,29)/t22-/m0/s1. The van der Waals surface area contributed by atoms with Crippen molar-refractivity contribution in [2.75, 3.05) is 24.4 Å². The predicted molar refractivity (Wildman–Crippen MR) is 128 cm³/mol. The maximum atomic E-state index is 12.9. The maximum absolute atomic E-state index is 12.9. The summed E-state index contributed by atoms with van der Waals surface area (Å²) in [7, 11) is -3.91. The van der Waals surface area contributed by atoms with Crippen LogP contribution in [0.2, 0.25) is 5.02 Å². The second-order valence-electron chi connectivity index (χ2n) is 7.95. The molecule has 0 saturated carbocycles. The summed E-state index contributed by atoms with van der Waals surface area (Å²) in [5, 5.41) is 3.23. The van der Waals surface area contributed by atoms with Crippen molar-refractivity contribution in [1.29, 1.82) is 0 Å². The number of benzene rings is 2. The van der Waals surface area contributed by atoms with Crippen LogP contribution in [0.4, 0.5) is 5.69 Å². The van der Waals surface area contributed by atoms with Crippen LogP contribution in [-0.4, -0.2) is 38.9 Å². The number of nitrogens with zero attached hydrogens (tertiary/aromatic N) is 1. The number of halogens is 1. The first-order valence-corrected chi connectivity index (χ1v) is 12.7. The van der Waals surface area contributed by atoms with E-state index < -0.39 is 10.0 Å². The Labute approximate surface area is 198 Å². The molecule has 0 unspecified atom stereocenters. The van der Waals surface area contributed by atoms with E-state index in [9.17, 15) is 13.2 Å². The number of piperidine rings is 1. The van der Waals surface area contributed by atoms with Crippen molar-refractivity contribution in [2.45, 2.75) is 30.2 Å². The quantitative estimate of drug-likeness (QED) is 0.481. The first-order chi connectivity index (χ1) is 15.9. The number of likely N-dealkylation sites (tertiary alicyclic amines) is 1. The first-order valence-electron chi connectivity index (χ1n) is 10.9. The van der Waals surface area contributed by atoms with Crippen LogP contribution in [0.3, 0.4) is 0 Å². The van der Waals surface area contributed by atoms with Crippen molar-refractivity contribution in [3.05, 3.63) is 83.3 Å². The Bertz CT molecular complexity index is 1190. The van der Waals surface area contributed by atoms with E-state index in [1.54, 1.807) is 42.7 Å². The summed E-state index contributed by atoms with van der Waals surface area (Å²) >= 11 is 6.07. The Balaban J connectivity index is 1.47. The maximum Gasteiger partial charge on any atom is 0.261 e. The Morgan fingerprint density at radius 3 is 2.55 bits per heavy atom. The predicted octanol–water partition coefficient (Wildman–Crippen LogP) is 4.69. The van der Waals surface area contributed by atoms with Gasteiger partial charge in [0.25, 0.3) is 15.9 Å². The van der Waals surface area contributed by atoms with E-state index in [-0.39, 0.29) is 33.1 Å². The summed E-state index contributed by atoms with van der Waals surface area (Å²) in [6, 6.07) is 16.2. The van der Waals surface area contributed by atoms with Crippen LogP contribution in [0.5, 0.6) is 0 Å². The van der Waals surface area contributed by atoms with Gasteiger partial charge in [-0.3, -0.25) is 14.4 Å². The molecule has 1 amide bonds. The highest BCUT2D eigenvalue weighted by Crippen LogP contribution is 2.26. The van der Waals surface area contributed by atoms with Crippen LogP contribution < -0.4 is 10.0 Å². The molecule has 7 nitrogen and oxygen atoms in total. The van der Waals surface area contributed by atoms with E-state index in [2.05, 4.69) is 14.9 Å². The van der Waals surface area contributed by atoms with E-state index in [0.717, 1.165) is 31.7 Å². The van der Waals surface area contributed by atoms with E-state index in [4.69, 9.17) is 16.0 Å². The largest absolute Gasteiger partial charge is 0.468 e. The fraction of sp³-hybridized carbons (Fsp3) is 0.292. The van der Waals surface area contributed by atoms with Gasteiger partial charge in [-0.15, -0.1) is 0 Å². The van der Waals surface area contributed by atoms with E-state index >= 15 is 0 Å². The molecular weight excluding hydrogens is 462 g/mol. The molecular formula is C24H26ClN3O4S. The highest BCUT2D eigenvalue weighted by atomic mass is 35.5. The average molecular weight is 488 g/mol. The van der Waals surface area contributed by atoms with Crippen molar-refractivity contribution in [1.82, 2.24) is 10.2 Å². The molecule has 2 aromatic carbocycles. The molecule has 0 bridgehead atoms. The average Bonchev–Trinajstić information content (AvgIpc) is 3.36. The summed E-state index contributed by atoms with van der Waals surface area (Å²) < 4.78 is 33.8. The van der Waals surface area contributed by atoms with Crippen LogP contribution in [0.1, 0.15) is 41.4 Å². The number of anilines is 1. The number of carbonyl (C=O) groups excluding carboxylic acids is 1. The van der Waals surface area contributed by atoms with Crippen LogP contribution >= 0.6 is 11.6 Å². The van der Waals surface area contributed by atoms with E-state index in [1.165, 1.54) is 18.6 Å².